The van der Waals surface area contributed by atoms with Gasteiger partial charge in [0.05, 0.1) is 10.4 Å². The van der Waals surface area contributed by atoms with Gasteiger partial charge in [-0.05, 0) is 45.1 Å². The fraction of sp³-hybridized carbons (Fsp3) is 0.100. The quantitative estimate of drug-likeness (QED) is 0.852. The van der Waals surface area contributed by atoms with Crippen LogP contribution >= 0.6 is 27.3 Å². The number of fused-ring (bicyclic) bond motifs is 1. The molecule has 0 saturated heterocycles. The van der Waals surface area contributed by atoms with Crippen molar-refractivity contribution in [1.29, 1.82) is 0 Å². The monoisotopic (exact) mass is 270 g/mol. The van der Waals surface area contributed by atoms with Gasteiger partial charge in [-0.2, -0.15) is 0 Å². The van der Waals surface area contributed by atoms with Crippen LogP contribution in [0.15, 0.2) is 22.0 Å². The summed E-state index contributed by atoms with van der Waals surface area (Å²) < 4.78 is 2.08. The van der Waals surface area contributed by atoms with E-state index in [0.717, 1.165) is 20.2 Å². The lowest BCUT2D eigenvalue weighted by atomic mass is 10.1. The molecule has 0 bridgehead atoms. The van der Waals surface area contributed by atoms with Gasteiger partial charge in [-0.25, -0.2) is 0 Å². The molecule has 14 heavy (non-hydrogen) atoms. The van der Waals surface area contributed by atoms with Gasteiger partial charge in [0.25, 0.3) is 0 Å². The number of carbonyl (C=O) groups is 1. The second-order valence-electron chi connectivity index (χ2n) is 2.92. The molecule has 0 radical (unpaired) electrons. The van der Waals surface area contributed by atoms with Crippen LogP contribution in [-0.2, 0) is 6.61 Å². The Hall–Kier alpha value is -0.710. The summed E-state index contributed by atoms with van der Waals surface area (Å²) in [6.07, 6.45) is 0.776. The normalized spacial score (nSPS) is 10.7. The lowest BCUT2D eigenvalue weighted by molar-refractivity contribution is 0.112. The summed E-state index contributed by atoms with van der Waals surface area (Å²) in [7, 11) is 0. The minimum Gasteiger partial charge on any atom is -0.392 e. The number of aldehydes is 1. The molecule has 2 nitrogen and oxygen atoms in total. The SMILES string of the molecule is O=Cc1cc2sc(Br)cc2cc1CO. The van der Waals surface area contributed by atoms with E-state index in [1.165, 1.54) is 0 Å². The number of hydrogen-bond donors (Lipinski definition) is 1. The van der Waals surface area contributed by atoms with Crippen molar-refractivity contribution >= 4 is 43.6 Å². The van der Waals surface area contributed by atoms with Crippen molar-refractivity contribution in [2.24, 2.45) is 0 Å². The molecule has 2 aromatic rings. The summed E-state index contributed by atoms with van der Waals surface area (Å²) in [5.41, 5.74) is 1.24. The van der Waals surface area contributed by atoms with Crippen molar-refractivity contribution in [3.63, 3.8) is 0 Å². The Morgan fingerprint density at radius 3 is 2.86 bits per heavy atom. The number of aliphatic hydroxyl groups is 1. The maximum absolute atomic E-state index is 10.7. The summed E-state index contributed by atoms with van der Waals surface area (Å²) in [5.74, 6) is 0. The van der Waals surface area contributed by atoms with Crippen LogP contribution in [0.4, 0.5) is 0 Å². The summed E-state index contributed by atoms with van der Waals surface area (Å²) in [4.78, 5) is 10.7. The van der Waals surface area contributed by atoms with Crippen molar-refractivity contribution in [3.05, 3.63) is 33.1 Å². The summed E-state index contributed by atoms with van der Waals surface area (Å²) in [5, 5.41) is 10.1. The molecule has 0 spiro atoms. The molecule has 4 heteroatoms. The van der Waals surface area contributed by atoms with Crippen molar-refractivity contribution in [2.45, 2.75) is 6.61 Å². The topological polar surface area (TPSA) is 37.3 Å². The van der Waals surface area contributed by atoms with E-state index < -0.39 is 0 Å². The van der Waals surface area contributed by atoms with Gasteiger partial charge >= 0.3 is 0 Å². The van der Waals surface area contributed by atoms with Crippen LogP contribution in [0.2, 0.25) is 0 Å². The Balaban J connectivity index is 2.74. The van der Waals surface area contributed by atoms with Crippen LogP contribution < -0.4 is 0 Å². The van der Waals surface area contributed by atoms with Crippen LogP contribution in [0.1, 0.15) is 15.9 Å². The smallest absolute Gasteiger partial charge is 0.150 e. The predicted octanol–water partition coefficient (Wildman–Crippen LogP) is 2.97. The van der Waals surface area contributed by atoms with Crippen molar-refractivity contribution < 1.29 is 9.90 Å². The van der Waals surface area contributed by atoms with Crippen LogP contribution in [0.5, 0.6) is 0 Å². The summed E-state index contributed by atoms with van der Waals surface area (Å²) >= 11 is 4.96. The number of thiophene rings is 1. The molecule has 0 atom stereocenters. The van der Waals surface area contributed by atoms with Crippen LogP contribution in [-0.4, -0.2) is 11.4 Å². The van der Waals surface area contributed by atoms with Gasteiger partial charge in [0.15, 0.2) is 0 Å². The fourth-order valence-electron chi connectivity index (χ4n) is 1.36. The highest BCUT2D eigenvalue weighted by Gasteiger charge is 2.05. The zero-order valence-electron chi connectivity index (χ0n) is 7.16. The van der Waals surface area contributed by atoms with Gasteiger partial charge in [-0.1, -0.05) is 0 Å². The van der Waals surface area contributed by atoms with E-state index in [2.05, 4.69) is 15.9 Å². The minimum absolute atomic E-state index is 0.0997. The number of hydrogen-bond acceptors (Lipinski definition) is 3. The van der Waals surface area contributed by atoms with E-state index in [4.69, 9.17) is 5.11 Å². The van der Waals surface area contributed by atoms with E-state index in [1.807, 2.05) is 18.2 Å². The lowest BCUT2D eigenvalue weighted by Gasteiger charge is -2.00. The first kappa shape index (κ1) is 9.83. The molecule has 0 aliphatic heterocycles. The Morgan fingerprint density at radius 2 is 2.21 bits per heavy atom. The third-order valence-electron chi connectivity index (χ3n) is 2.05. The van der Waals surface area contributed by atoms with Gasteiger partial charge in [0.2, 0.25) is 0 Å². The number of benzene rings is 1. The first-order chi connectivity index (χ1) is 6.74. The Labute approximate surface area is 93.3 Å². The van der Waals surface area contributed by atoms with E-state index in [1.54, 1.807) is 11.3 Å². The van der Waals surface area contributed by atoms with E-state index in [-0.39, 0.29) is 6.61 Å². The number of rotatable bonds is 2. The standard InChI is InChI=1S/C10H7BrO2S/c11-10-3-6-1-7(4-12)8(5-13)2-9(6)14-10/h1-3,5,12H,4H2. The average Bonchev–Trinajstić information content (AvgIpc) is 2.54. The fourth-order valence-corrected chi connectivity index (χ4v) is 2.95. The van der Waals surface area contributed by atoms with Gasteiger partial charge in [0.1, 0.15) is 6.29 Å². The summed E-state index contributed by atoms with van der Waals surface area (Å²) in [6.45, 7) is -0.0997. The number of aliphatic hydroxyl groups excluding tert-OH is 1. The molecule has 1 aromatic carbocycles. The second kappa shape index (κ2) is 3.81. The molecular formula is C10H7BrO2S. The van der Waals surface area contributed by atoms with E-state index >= 15 is 0 Å². The Morgan fingerprint density at radius 1 is 1.43 bits per heavy atom. The van der Waals surface area contributed by atoms with E-state index in [9.17, 15) is 4.79 Å². The molecule has 1 N–H and O–H groups in total. The molecule has 72 valence electrons. The van der Waals surface area contributed by atoms with Gasteiger partial charge < -0.3 is 5.11 Å². The molecule has 0 aliphatic carbocycles. The molecular weight excluding hydrogens is 264 g/mol. The lowest BCUT2D eigenvalue weighted by Crippen LogP contribution is -1.91. The van der Waals surface area contributed by atoms with Crippen LogP contribution in [0.25, 0.3) is 10.1 Å². The molecule has 2 rings (SSSR count). The van der Waals surface area contributed by atoms with Gasteiger partial charge in [-0.3, -0.25) is 4.79 Å². The van der Waals surface area contributed by atoms with Gasteiger partial charge in [-0.15, -0.1) is 11.3 Å². The highest BCUT2D eigenvalue weighted by molar-refractivity contribution is 9.11. The van der Waals surface area contributed by atoms with Crippen molar-refractivity contribution in [3.8, 4) is 0 Å². The summed E-state index contributed by atoms with van der Waals surface area (Å²) in [6, 6.07) is 5.64. The maximum atomic E-state index is 10.7. The highest BCUT2D eigenvalue weighted by atomic mass is 79.9. The molecule has 1 heterocycles. The van der Waals surface area contributed by atoms with Gasteiger partial charge in [0, 0.05) is 10.3 Å². The third-order valence-corrected chi connectivity index (χ3v) is 3.65. The average molecular weight is 271 g/mol. The first-order valence-corrected chi connectivity index (χ1v) is 5.63. The maximum Gasteiger partial charge on any atom is 0.150 e. The molecule has 0 saturated carbocycles. The largest absolute Gasteiger partial charge is 0.392 e. The molecule has 1 aromatic heterocycles. The Bertz CT molecular complexity index is 490. The Kier molecular flexibility index (Phi) is 2.67. The third kappa shape index (κ3) is 1.61. The molecule has 0 amide bonds. The van der Waals surface area contributed by atoms with Crippen molar-refractivity contribution in [2.75, 3.05) is 0 Å². The molecule has 0 aliphatic rings. The second-order valence-corrected chi connectivity index (χ2v) is 5.38. The van der Waals surface area contributed by atoms with Crippen LogP contribution in [0, 0.1) is 0 Å². The van der Waals surface area contributed by atoms with E-state index in [0.29, 0.717) is 11.1 Å². The predicted molar refractivity (Wildman–Crippen MR) is 60.8 cm³/mol. The molecule has 0 fully saturated rings. The first-order valence-electron chi connectivity index (χ1n) is 4.02. The van der Waals surface area contributed by atoms with Crippen molar-refractivity contribution in [1.82, 2.24) is 0 Å². The number of halogens is 1. The zero-order valence-corrected chi connectivity index (χ0v) is 9.56. The minimum atomic E-state index is -0.0997. The molecule has 0 unspecified atom stereocenters. The van der Waals surface area contributed by atoms with Crippen LogP contribution in [0.3, 0.4) is 0 Å². The zero-order chi connectivity index (χ0) is 10.1. The highest BCUT2D eigenvalue weighted by Crippen LogP contribution is 2.31. The number of carbonyl (C=O) groups excluding carboxylic acids is 1.